The van der Waals surface area contributed by atoms with Crippen molar-refractivity contribution in [3.8, 4) is 0 Å². The first kappa shape index (κ1) is 14.9. The monoisotopic (exact) mass is 299 g/mol. The Bertz CT molecular complexity index is 487. The molecule has 110 valence electrons. The highest BCUT2D eigenvalue weighted by Crippen LogP contribution is 2.50. The number of aliphatic carboxylic acids is 1. The molecule has 1 N–H and O–H groups in total. The Labute approximate surface area is 121 Å². The summed E-state index contributed by atoms with van der Waals surface area (Å²) in [7, 11) is 0. The second kappa shape index (κ2) is 5.87. The predicted molar refractivity (Wildman–Crippen MR) is 72.5 cm³/mol. The van der Waals surface area contributed by atoms with Crippen LogP contribution in [0.3, 0.4) is 0 Å². The number of thioether (sulfide) groups is 1. The summed E-state index contributed by atoms with van der Waals surface area (Å²) in [6, 6.07) is 0. The summed E-state index contributed by atoms with van der Waals surface area (Å²) in [4.78, 5) is 36.5. The Kier molecular flexibility index (Phi) is 4.37. The van der Waals surface area contributed by atoms with Gasteiger partial charge in [0.05, 0.1) is 17.9 Å². The largest absolute Gasteiger partial charge is 0.477 e. The van der Waals surface area contributed by atoms with Crippen LogP contribution in [0.5, 0.6) is 0 Å². The van der Waals surface area contributed by atoms with Gasteiger partial charge in [0.25, 0.3) is 0 Å². The SMILES string of the molecule is CCCOC(=O)C1=C(C(=O)O)N2C(=O)[C@H](CCC)[C@H]2S1. The predicted octanol–water partition coefficient (Wildman–Crippen LogP) is 1.57. The molecule has 0 aromatic rings. The number of carboxylic acids is 1. The second-order valence-corrected chi connectivity index (χ2v) is 5.86. The van der Waals surface area contributed by atoms with E-state index in [1.165, 1.54) is 4.90 Å². The molecule has 1 amide bonds. The van der Waals surface area contributed by atoms with Crippen molar-refractivity contribution < 1.29 is 24.2 Å². The van der Waals surface area contributed by atoms with Gasteiger partial charge >= 0.3 is 11.9 Å². The number of esters is 1. The maximum Gasteiger partial charge on any atom is 0.354 e. The quantitative estimate of drug-likeness (QED) is 0.592. The molecule has 0 aliphatic carbocycles. The number of carbonyl (C=O) groups excluding carboxylic acids is 2. The number of carbonyl (C=O) groups is 3. The van der Waals surface area contributed by atoms with Gasteiger partial charge in [-0.2, -0.15) is 0 Å². The van der Waals surface area contributed by atoms with Gasteiger partial charge in [-0.05, 0) is 12.8 Å². The molecule has 2 atom stereocenters. The van der Waals surface area contributed by atoms with Gasteiger partial charge in [0.15, 0.2) is 5.70 Å². The van der Waals surface area contributed by atoms with Gasteiger partial charge in [-0.25, -0.2) is 9.59 Å². The van der Waals surface area contributed by atoms with Gasteiger partial charge in [-0.15, -0.1) is 0 Å². The lowest BCUT2D eigenvalue weighted by molar-refractivity contribution is -0.152. The average Bonchev–Trinajstić information content (AvgIpc) is 2.78. The van der Waals surface area contributed by atoms with Crippen LogP contribution in [0.4, 0.5) is 0 Å². The number of hydrogen-bond donors (Lipinski definition) is 1. The number of carboxylic acid groups (broad SMARTS) is 1. The molecule has 0 radical (unpaired) electrons. The van der Waals surface area contributed by atoms with Crippen molar-refractivity contribution in [3.05, 3.63) is 10.6 Å². The summed E-state index contributed by atoms with van der Waals surface area (Å²) in [5.74, 6) is -2.31. The summed E-state index contributed by atoms with van der Waals surface area (Å²) in [5.41, 5.74) is -0.224. The van der Waals surface area contributed by atoms with E-state index in [-0.39, 0.29) is 34.4 Å². The van der Waals surface area contributed by atoms with Crippen LogP contribution in [-0.2, 0) is 19.1 Å². The van der Waals surface area contributed by atoms with E-state index < -0.39 is 11.9 Å². The lowest BCUT2D eigenvalue weighted by Gasteiger charge is -2.42. The molecule has 0 saturated carbocycles. The van der Waals surface area contributed by atoms with Gasteiger partial charge in [0.2, 0.25) is 5.91 Å². The highest BCUT2D eigenvalue weighted by Gasteiger charge is 2.56. The van der Waals surface area contributed by atoms with Gasteiger partial charge in [0, 0.05) is 0 Å². The number of amides is 1. The summed E-state index contributed by atoms with van der Waals surface area (Å²) in [6.07, 6.45) is 2.22. The summed E-state index contributed by atoms with van der Waals surface area (Å²) in [6.45, 7) is 4.07. The molecule has 0 bridgehead atoms. The van der Waals surface area contributed by atoms with Crippen molar-refractivity contribution in [1.29, 1.82) is 0 Å². The highest BCUT2D eigenvalue weighted by atomic mass is 32.2. The summed E-state index contributed by atoms with van der Waals surface area (Å²) >= 11 is 1.14. The normalized spacial score (nSPS) is 24.5. The van der Waals surface area contributed by atoms with Crippen LogP contribution in [0.1, 0.15) is 33.1 Å². The Hall–Kier alpha value is -1.50. The van der Waals surface area contributed by atoms with E-state index >= 15 is 0 Å². The smallest absolute Gasteiger partial charge is 0.354 e. The number of nitrogens with zero attached hydrogens (tertiary/aromatic N) is 1. The van der Waals surface area contributed by atoms with Crippen LogP contribution in [0.15, 0.2) is 10.6 Å². The van der Waals surface area contributed by atoms with Crippen LogP contribution in [0.25, 0.3) is 0 Å². The number of ether oxygens (including phenoxy) is 1. The Morgan fingerprint density at radius 2 is 2.05 bits per heavy atom. The fourth-order valence-corrected chi connectivity index (χ4v) is 3.79. The van der Waals surface area contributed by atoms with Crippen LogP contribution in [0, 0.1) is 5.92 Å². The van der Waals surface area contributed by atoms with Gasteiger partial charge < -0.3 is 9.84 Å². The molecular weight excluding hydrogens is 282 g/mol. The highest BCUT2D eigenvalue weighted by molar-refractivity contribution is 8.05. The van der Waals surface area contributed by atoms with E-state index in [0.717, 1.165) is 18.2 Å². The Morgan fingerprint density at radius 1 is 1.35 bits per heavy atom. The minimum absolute atomic E-state index is 0.0444. The third kappa shape index (κ3) is 2.30. The molecule has 1 fully saturated rings. The van der Waals surface area contributed by atoms with E-state index in [1.54, 1.807) is 0 Å². The fraction of sp³-hybridized carbons (Fsp3) is 0.615. The molecule has 0 aromatic heterocycles. The van der Waals surface area contributed by atoms with E-state index in [4.69, 9.17) is 4.74 Å². The topological polar surface area (TPSA) is 83.9 Å². The average molecular weight is 299 g/mol. The minimum atomic E-state index is -1.26. The van der Waals surface area contributed by atoms with Crippen molar-refractivity contribution in [2.24, 2.45) is 5.92 Å². The second-order valence-electron chi connectivity index (χ2n) is 4.73. The van der Waals surface area contributed by atoms with Crippen molar-refractivity contribution in [3.63, 3.8) is 0 Å². The fourth-order valence-electron chi connectivity index (χ4n) is 2.36. The molecule has 6 nitrogen and oxygen atoms in total. The van der Waals surface area contributed by atoms with E-state index in [0.29, 0.717) is 12.8 Å². The van der Waals surface area contributed by atoms with Crippen molar-refractivity contribution in [2.75, 3.05) is 6.61 Å². The molecule has 2 aliphatic rings. The zero-order valence-electron chi connectivity index (χ0n) is 11.4. The molecule has 0 unspecified atom stereocenters. The molecular formula is C13H17NO5S. The minimum Gasteiger partial charge on any atom is -0.477 e. The van der Waals surface area contributed by atoms with Crippen molar-refractivity contribution >= 4 is 29.6 Å². The van der Waals surface area contributed by atoms with Crippen LogP contribution < -0.4 is 0 Å². The molecule has 0 aromatic carbocycles. The Balaban J connectivity index is 2.21. The van der Waals surface area contributed by atoms with E-state index in [1.807, 2.05) is 13.8 Å². The molecule has 0 spiro atoms. The standard InChI is InChI=1S/C13H17NO5S/c1-3-5-7-10(15)14-8(12(16)17)9(20-11(7)14)13(18)19-6-4-2/h7,11H,3-6H2,1-2H3,(H,16,17)/t7-,11+/m0/s1. The molecule has 2 heterocycles. The number of hydrogen-bond acceptors (Lipinski definition) is 5. The number of rotatable bonds is 6. The van der Waals surface area contributed by atoms with Gasteiger partial charge in [-0.3, -0.25) is 9.69 Å². The molecule has 7 heteroatoms. The maximum absolute atomic E-state index is 12.0. The van der Waals surface area contributed by atoms with Gasteiger partial charge in [-0.1, -0.05) is 32.0 Å². The third-order valence-corrected chi connectivity index (χ3v) is 4.65. The summed E-state index contributed by atoms with van der Waals surface area (Å²) < 4.78 is 4.99. The number of β-lactam (4-membered cyclic amide) rings is 1. The Morgan fingerprint density at radius 3 is 2.60 bits per heavy atom. The number of fused-ring (bicyclic) bond motifs is 1. The zero-order valence-corrected chi connectivity index (χ0v) is 12.2. The lowest BCUT2D eigenvalue weighted by atomic mass is 9.92. The van der Waals surface area contributed by atoms with Crippen molar-refractivity contribution in [2.45, 2.75) is 38.5 Å². The van der Waals surface area contributed by atoms with Crippen LogP contribution in [-0.4, -0.2) is 39.8 Å². The zero-order chi connectivity index (χ0) is 14.9. The first-order valence-electron chi connectivity index (χ1n) is 6.67. The van der Waals surface area contributed by atoms with Crippen LogP contribution in [0.2, 0.25) is 0 Å². The summed E-state index contributed by atoms with van der Waals surface area (Å²) in [5, 5.41) is 8.98. The van der Waals surface area contributed by atoms with Gasteiger partial charge in [0.1, 0.15) is 4.91 Å². The molecule has 20 heavy (non-hydrogen) atoms. The van der Waals surface area contributed by atoms with Crippen LogP contribution >= 0.6 is 11.8 Å². The third-order valence-electron chi connectivity index (χ3n) is 3.27. The van der Waals surface area contributed by atoms with E-state index in [9.17, 15) is 19.5 Å². The lowest BCUT2D eigenvalue weighted by Crippen LogP contribution is -2.57. The molecule has 2 rings (SSSR count). The maximum atomic E-state index is 12.0. The molecule has 2 aliphatic heterocycles. The molecule has 1 saturated heterocycles. The van der Waals surface area contributed by atoms with Crippen molar-refractivity contribution in [1.82, 2.24) is 4.90 Å². The first-order chi connectivity index (χ1) is 9.52. The van der Waals surface area contributed by atoms with E-state index in [2.05, 4.69) is 0 Å². The first-order valence-corrected chi connectivity index (χ1v) is 7.55.